The van der Waals surface area contributed by atoms with E-state index in [1.54, 1.807) is 0 Å². The van der Waals surface area contributed by atoms with Gasteiger partial charge in [-0.05, 0) is 18.8 Å². The Labute approximate surface area is 140 Å². The molecule has 0 amide bonds. The average Bonchev–Trinajstić information content (AvgIpc) is 2.30. The van der Waals surface area contributed by atoms with Crippen LogP contribution in [0.25, 0.3) is 0 Å². The van der Waals surface area contributed by atoms with Crippen LogP contribution < -0.4 is 29.6 Å². The van der Waals surface area contributed by atoms with E-state index >= 15 is 0 Å². The van der Waals surface area contributed by atoms with Crippen molar-refractivity contribution in [1.82, 2.24) is 0 Å². The van der Waals surface area contributed by atoms with E-state index < -0.39 is 16.5 Å². The molecule has 19 heavy (non-hydrogen) atoms. The fraction of sp³-hybridized carbons (Fsp3) is 1.00. The van der Waals surface area contributed by atoms with Crippen LogP contribution in [0, 0.1) is 5.92 Å². The summed E-state index contributed by atoms with van der Waals surface area (Å²) < 4.78 is 36.1. The van der Waals surface area contributed by atoms with E-state index in [2.05, 4.69) is 18.0 Å². The zero-order valence-electron chi connectivity index (χ0n) is 12.9. The van der Waals surface area contributed by atoms with Gasteiger partial charge in [0.1, 0.15) is 0 Å². The third-order valence-electron chi connectivity index (χ3n) is 3.39. The summed E-state index contributed by atoms with van der Waals surface area (Å²) >= 11 is 0. The van der Waals surface area contributed by atoms with Gasteiger partial charge in [0, 0.05) is 0 Å². The Hall–Kier alpha value is 0.870. The van der Waals surface area contributed by atoms with E-state index in [0.717, 1.165) is 19.3 Å². The van der Waals surface area contributed by atoms with Crippen molar-refractivity contribution >= 4 is 10.4 Å². The molecule has 0 saturated heterocycles. The van der Waals surface area contributed by atoms with Crippen LogP contribution in [0.4, 0.5) is 0 Å². The van der Waals surface area contributed by atoms with Gasteiger partial charge < -0.3 is 4.55 Å². The third-order valence-corrected chi connectivity index (χ3v) is 3.90. The Kier molecular flexibility index (Phi) is 14.7. The average molecular weight is 302 g/mol. The van der Waals surface area contributed by atoms with Gasteiger partial charge in [0.05, 0.1) is 6.10 Å². The largest absolute Gasteiger partial charge is 1.00 e. The van der Waals surface area contributed by atoms with Gasteiger partial charge in [-0.15, -0.1) is 0 Å². The standard InChI is InChI=1S/C13H28O4S.Na/c1-4-7-9-12(5-2)10-8-11-13(6-3)17-18(14,15)16;/h12-13H,4-11H2,1-3H3,(H,14,15,16);/q;+1/p-1. The maximum Gasteiger partial charge on any atom is 1.00 e. The first-order valence-electron chi connectivity index (χ1n) is 7.06. The summed E-state index contributed by atoms with van der Waals surface area (Å²) in [6, 6.07) is 0. The van der Waals surface area contributed by atoms with Gasteiger partial charge >= 0.3 is 29.6 Å². The van der Waals surface area contributed by atoms with Crippen LogP contribution in [-0.4, -0.2) is 19.1 Å². The number of unbranched alkanes of at least 4 members (excludes halogenated alkanes) is 1. The van der Waals surface area contributed by atoms with Crippen LogP contribution in [0.15, 0.2) is 0 Å². The van der Waals surface area contributed by atoms with Crippen LogP contribution in [0.2, 0.25) is 0 Å². The van der Waals surface area contributed by atoms with Crippen molar-refractivity contribution in [2.45, 2.75) is 78.2 Å². The molecule has 2 unspecified atom stereocenters. The molecule has 0 aromatic rings. The molecule has 0 aliphatic rings. The fourth-order valence-corrected chi connectivity index (χ4v) is 2.73. The molecule has 110 valence electrons. The van der Waals surface area contributed by atoms with Gasteiger partial charge in [-0.3, -0.25) is 4.18 Å². The van der Waals surface area contributed by atoms with Gasteiger partial charge in [0.2, 0.25) is 10.4 Å². The molecule has 0 heterocycles. The van der Waals surface area contributed by atoms with Crippen molar-refractivity contribution in [3.05, 3.63) is 0 Å². The van der Waals surface area contributed by atoms with Crippen molar-refractivity contribution in [2.24, 2.45) is 5.92 Å². The van der Waals surface area contributed by atoms with Gasteiger partial charge in [-0.25, -0.2) is 8.42 Å². The molecule has 0 aliphatic carbocycles. The molecule has 4 nitrogen and oxygen atoms in total. The second-order valence-electron chi connectivity index (χ2n) is 4.88. The normalized spacial score (nSPS) is 14.7. The molecule has 0 rings (SSSR count). The molecule has 2 atom stereocenters. The molecule has 0 aromatic heterocycles. The minimum absolute atomic E-state index is 0. The number of rotatable bonds is 11. The Morgan fingerprint density at radius 2 is 1.58 bits per heavy atom. The minimum atomic E-state index is -4.56. The molecule has 0 bridgehead atoms. The van der Waals surface area contributed by atoms with Crippen molar-refractivity contribution in [3.63, 3.8) is 0 Å². The van der Waals surface area contributed by atoms with Gasteiger partial charge in [0.15, 0.2) is 0 Å². The summed E-state index contributed by atoms with van der Waals surface area (Å²) in [5, 5.41) is 0. The molecule has 0 spiro atoms. The molecule has 0 saturated carbocycles. The van der Waals surface area contributed by atoms with Crippen molar-refractivity contribution in [1.29, 1.82) is 0 Å². The summed E-state index contributed by atoms with van der Waals surface area (Å²) in [5.41, 5.74) is 0. The fourth-order valence-electron chi connectivity index (χ4n) is 2.17. The van der Waals surface area contributed by atoms with E-state index in [-0.39, 0.29) is 29.6 Å². The summed E-state index contributed by atoms with van der Waals surface area (Å²) in [6.07, 6.45) is 7.66. The first-order valence-corrected chi connectivity index (χ1v) is 8.40. The Bertz CT molecular complexity index is 293. The molecule has 0 fully saturated rings. The summed E-state index contributed by atoms with van der Waals surface area (Å²) in [5.74, 6) is 0.714. The smallest absolute Gasteiger partial charge is 0.726 e. The minimum Gasteiger partial charge on any atom is -0.726 e. The number of hydrogen-bond donors (Lipinski definition) is 0. The Balaban J connectivity index is 0. The van der Waals surface area contributed by atoms with E-state index in [1.807, 2.05) is 6.92 Å². The zero-order chi connectivity index (χ0) is 14.0. The second-order valence-corrected chi connectivity index (χ2v) is 5.89. The van der Waals surface area contributed by atoms with Crippen LogP contribution >= 0.6 is 0 Å². The summed E-state index contributed by atoms with van der Waals surface area (Å²) in [7, 11) is -4.56. The van der Waals surface area contributed by atoms with E-state index in [9.17, 15) is 13.0 Å². The van der Waals surface area contributed by atoms with Crippen LogP contribution in [0.5, 0.6) is 0 Å². The predicted molar refractivity (Wildman–Crippen MR) is 72.0 cm³/mol. The third kappa shape index (κ3) is 13.6. The molecular weight excluding hydrogens is 275 g/mol. The first kappa shape index (κ1) is 22.2. The monoisotopic (exact) mass is 302 g/mol. The van der Waals surface area contributed by atoms with Gasteiger partial charge in [-0.1, -0.05) is 59.3 Å². The second kappa shape index (κ2) is 12.6. The van der Waals surface area contributed by atoms with Crippen LogP contribution in [0.1, 0.15) is 72.1 Å². The van der Waals surface area contributed by atoms with E-state index in [0.29, 0.717) is 18.8 Å². The maximum atomic E-state index is 10.5. The van der Waals surface area contributed by atoms with Gasteiger partial charge in [-0.2, -0.15) is 0 Å². The first-order chi connectivity index (χ1) is 8.42. The van der Waals surface area contributed by atoms with Crippen molar-refractivity contribution < 1.29 is 46.7 Å². The SMILES string of the molecule is CCCCC(CC)CCCC(CC)OS(=O)(=O)[O-].[Na+]. The molecule has 6 heteroatoms. The Morgan fingerprint density at radius 3 is 2.00 bits per heavy atom. The molecule has 0 N–H and O–H groups in total. The molecule has 0 aromatic carbocycles. The van der Waals surface area contributed by atoms with Crippen LogP contribution in [-0.2, 0) is 14.6 Å². The number of hydrogen-bond acceptors (Lipinski definition) is 4. The predicted octanol–water partition coefficient (Wildman–Crippen LogP) is 0.633. The topological polar surface area (TPSA) is 66.4 Å². The van der Waals surface area contributed by atoms with Crippen LogP contribution in [0.3, 0.4) is 0 Å². The summed E-state index contributed by atoms with van der Waals surface area (Å²) in [6.45, 7) is 6.22. The quantitative estimate of drug-likeness (QED) is 0.319. The summed E-state index contributed by atoms with van der Waals surface area (Å²) in [4.78, 5) is 0. The molecule has 0 radical (unpaired) electrons. The van der Waals surface area contributed by atoms with Gasteiger partial charge in [0.25, 0.3) is 0 Å². The maximum absolute atomic E-state index is 10.5. The molecule has 0 aliphatic heterocycles. The van der Waals surface area contributed by atoms with E-state index in [4.69, 9.17) is 0 Å². The van der Waals surface area contributed by atoms with Crippen molar-refractivity contribution in [2.75, 3.05) is 0 Å². The Morgan fingerprint density at radius 1 is 1.00 bits per heavy atom. The van der Waals surface area contributed by atoms with Crippen molar-refractivity contribution in [3.8, 4) is 0 Å². The zero-order valence-corrected chi connectivity index (χ0v) is 15.7. The molecular formula is C13H27NaO4S. The van der Waals surface area contributed by atoms with E-state index in [1.165, 1.54) is 19.3 Å².